The van der Waals surface area contributed by atoms with Gasteiger partial charge in [-0.15, -0.1) is 11.3 Å². The number of carbonyl (C=O) groups excluding carboxylic acids is 1. The number of thiophene rings is 1. The number of likely N-dealkylation sites (tertiary alicyclic amines) is 1. The maximum absolute atomic E-state index is 13.0. The summed E-state index contributed by atoms with van der Waals surface area (Å²) < 4.78 is 5.55. The van der Waals surface area contributed by atoms with Crippen LogP contribution in [0.2, 0.25) is 0 Å². The monoisotopic (exact) mass is 353 g/mol. The van der Waals surface area contributed by atoms with Crippen LogP contribution >= 0.6 is 11.3 Å². The zero-order valence-corrected chi connectivity index (χ0v) is 14.6. The van der Waals surface area contributed by atoms with E-state index in [0.717, 1.165) is 48.6 Å². The third kappa shape index (κ3) is 3.35. The highest BCUT2D eigenvalue weighted by atomic mass is 32.1. The summed E-state index contributed by atoms with van der Waals surface area (Å²) in [7, 11) is 0. The van der Waals surface area contributed by atoms with E-state index in [9.17, 15) is 4.79 Å². The summed E-state index contributed by atoms with van der Waals surface area (Å²) in [5.41, 5.74) is 1.46. The minimum absolute atomic E-state index is 0.0145. The number of nitrogens with zero attached hydrogens (tertiary/aromatic N) is 3. The fourth-order valence-corrected chi connectivity index (χ4v) is 3.97. The molecule has 128 valence electrons. The van der Waals surface area contributed by atoms with Crippen LogP contribution in [0.4, 0.5) is 0 Å². The highest BCUT2D eigenvalue weighted by Crippen LogP contribution is 2.34. The molecule has 3 aromatic rings. The molecule has 0 bridgehead atoms. The first kappa shape index (κ1) is 16.0. The van der Waals surface area contributed by atoms with Gasteiger partial charge in [-0.1, -0.05) is 24.1 Å². The molecule has 1 aliphatic heterocycles. The topological polar surface area (TPSA) is 59.2 Å². The summed E-state index contributed by atoms with van der Waals surface area (Å²) in [5, 5.41) is 6.30. The van der Waals surface area contributed by atoms with E-state index < -0.39 is 0 Å². The third-order valence-electron chi connectivity index (χ3n) is 4.56. The highest BCUT2D eigenvalue weighted by molar-refractivity contribution is 7.13. The molecule has 0 radical (unpaired) electrons. The summed E-state index contributed by atoms with van der Waals surface area (Å²) in [6.07, 6.45) is 7.44. The number of carbonyl (C=O) groups is 1. The maximum Gasteiger partial charge on any atom is 0.255 e. The van der Waals surface area contributed by atoms with E-state index in [4.69, 9.17) is 4.52 Å². The van der Waals surface area contributed by atoms with Crippen molar-refractivity contribution < 1.29 is 9.32 Å². The molecule has 0 unspecified atom stereocenters. The molecule has 0 aromatic carbocycles. The van der Waals surface area contributed by atoms with Crippen molar-refractivity contribution in [3.05, 3.63) is 59.4 Å². The van der Waals surface area contributed by atoms with Gasteiger partial charge in [-0.3, -0.25) is 9.78 Å². The molecular formula is C19H19N3O2S. The lowest BCUT2D eigenvalue weighted by Crippen LogP contribution is -2.35. The zero-order valence-electron chi connectivity index (χ0n) is 13.8. The quantitative estimate of drug-likeness (QED) is 0.693. The average molecular weight is 353 g/mol. The van der Waals surface area contributed by atoms with Crippen LogP contribution in [-0.4, -0.2) is 27.5 Å². The minimum Gasteiger partial charge on any atom is -0.355 e. The third-order valence-corrected chi connectivity index (χ3v) is 5.44. The molecular weight excluding hydrogens is 334 g/mol. The first-order valence-electron chi connectivity index (χ1n) is 8.54. The number of pyridine rings is 1. The first-order chi connectivity index (χ1) is 12.3. The Hall–Kier alpha value is -2.47. The Morgan fingerprint density at radius 3 is 3.00 bits per heavy atom. The molecule has 6 heteroatoms. The SMILES string of the molecule is O=C(c1cccnc1)N1CCCCC[C@H]1c1cc(-c2cccs2)on1. The molecule has 4 rings (SSSR count). The van der Waals surface area contributed by atoms with Gasteiger partial charge in [-0.25, -0.2) is 0 Å². The van der Waals surface area contributed by atoms with Gasteiger partial charge in [0.1, 0.15) is 5.69 Å². The molecule has 0 spiro atoms. The summed E-state index contributed by atoms with van der Waals surface area (Å²) >= 11 is 1.62. The van der Waals surface area contributed by atoms with Crippen LogP contribution in [-0.2, 0) is 0 Å². The van der Waals surface area contributed by atoms with E-state index in [1.54, 1.807) is 29.8 Å². The van der Waals surface area contributed by atoms with Crippen LogP contribution in [0.15, 0.2) is 52.6 Å². The molecule has 0 N–H and O–H groups in total. The summed E-state index contributed by atoms with van der Waals surface area (Å²) in [6, 6.07) is 9.55. The van der Waals surface area contributed by atoms with Gasteiger partial charge in [0.15, 0.2) is 5.76 Å². The predicted molar refractivity (Wildman–Crippen MR) is 96.3 cm³/mol. The Bertz CT molecular complexity index is 829. The average Bonchev–Trinajstić information content (AvgIpc) is 3.29. The lowest BCUT2D eigenvalue weighted by atomic mass is 10.1. The number of amides is 1. The van der Waals surface area contributed by atoms with Gasteiger partial charge in [0.2, 0.25) is 0 Å². The molecule has 0 aliphatic carbocycles. The van der Waals surface area contributed by atoms with Gasteiger partial charge >= 0.3 is 0 Å². The lowest BCUT2D eigenvalue weighted by Gasteiger charge is -2.28. The molecule has 1 saturated heterocycles. The molecule has 4 heterocycles. The molecule has 0 saturated carbocycles. The molecule has 1 atom stereocenters. The van der Waals surface area contributed by atoms with E-state index in [-0.39, 0.29) is 11.9 Å². The highest BCUT2D eigenvalue weighted by Gasteiger charge is 2.30. The normalized spacial score (nSPS) is 18.1. The van der Waals surface area contributed by atoms with Gasteiger partial charge in [0.05, 0.1) is 16.5 Å². The van der Waals surface area contributed by atoms with Crippen molar-refractivity contribution in [2.75, 3.05) is 6.54 Å². The fraction of sp³-hybridized carbons (Fsp3) is 0.316. The Labute approximate surface area is 150 Å². The number of hydrogen-bond donors (Lipinski definition) is 0. The number of rotatable bonds is 3. The van der Waals surface area contributed by atoms with Gasteiger partial charge in [0, 0.05) is 25.0 Å². The largest absolute Gasteiger partial charge is 0.355 e. The van der Waals surface area contributed by atoms with Crippen molar-refractivity contribution in [3.8, 4) is 10.6 Å². The summed E-state index contributed by atoms with van der Waals surface area (Å²) in [4.78, 5) is 20.1. The van der Waals surface area contributed by atoms with Crippen LogP contribution in [0.1, 0.15) is 47.8 Å². The molecule has 25 heavy (non-hydrogen) atoms. The van der Waals surface area contributed by atoms with Crippen molar-refractivity contribution >= 4 is 17.2 Å². The standard InChI is InChI=1S/C19H19N3O2S/c23-19(14-6-4-9-20-13-14)22-10-3-1-2-7-16(22)15-12-17(24-21-15)18-8-5-11-25-18/h4-6,8-9,11-13,16H,1-3,7,10H2/t16-/m0/s1. The smallest absolute Gasteiger partial charge is 0.255 e. The molecule has 3 aromatic heterocycles. The zero-order chi connectivity index (χ0) is 17.1. The lowest BCUT2D eigenvalue weighted by molar-refractivity contribution is 0.0673. The van der Waals surface area contributed by atoms with Gasteiger partial charge < -0.3 is 9.42 Å². The molecule has 1 fully saturated rings. The van der Waals surface area contributed by atoms with Crippen LogP contribution in [0, 0.1) is 0 Å². The van der Waals surface area contributed by atoms with E-state index in [1.165, 1.54) is 0 Å². The molecule has 1 amide bonds. The van der Waals surface area contributed by atoms with Crippen LogP contribution in [0.25, 0.3) is 10.6 Å². The van der Waals surface area contributed by atoms with Crippen LogP contribution in [0.5, 0.6) is 0 Å². The predicted octanol–water partition coefficient (Wildman–Crippen LogP) is 4.56. The van der Waals surface area contributed by atoms with Crippen molar-refractivity contribution in [2.24, 2.45) is 0 Å². The summed E-state index contributed by atoms with van der Waals surface area (Å²) in [6.45, 7) is 0.736. The van der Waals surface area contributed by atoms with E-state index >= 15 is 0 Å². The van der Waals surface area contributed by atoms with E-state index in [2.05, 4.69) is 10.1 Å². The Morgan fingerprint density at radius 1 is 1.24 bits per heavy atom. The van der Waals surface area contributed by atoms with Crippen LogP contribution in [0.3, 0.4) is 0 Å². The van der Waals surface area contributed by atoms with E-state index in [1.807, 2.05) is 34.5 Å². The second-order valence-corrected chi connectivity index (χ2v) is 7.15. The Balaban J connectivity index is 1.64. The second-order valence-electron chi connectivity index (χ2n) is 6.20. The van der Waals surface area contributed by atoms with Gasteiger partial charge in [-0.2, -0.15) is 0 Å². The number of aromatic nitrogens is 2. The Morgan fingerprint density at radius 2 is 2.20 bits per heavy atom. The molecule has 1 aliphatic rings. The van der Waals surface area contributed by atoms with E-state index in [0.29, 0.717) is 5.56 Å². The van der Waals surface area contributed by atoms with Crippen LogP contribution < -0.4 is 0 Å². The minimum atomic E-state index is -0.0485. The van der Waals surface area contributed by atoms with Crippen molar-refractivity contribution in [2.45, 2.75) is 31.7 Å². The number of hydrogen-bond acceptors (Lipinski definition) is 5. The molecule has 5 nitrogen and oxygen atoms in total. The van der Waals surface area contributed by atoms with Crippen molar-refractivity contribution in [3.63, 3.8) is 0 Å². The Kier molecular flexibility index (Phi) is 4.61. The fourth-order valence-electron chi connectivity index (χ4n) is 3.29. The van der Waals surface area contributed by atoms with Gasteiger partial charge in [-0.05, 0) is 36.4 Å². The van der Waals surface area contributed by atoms with Crippen molar-refractivity contribution in [1.29, 1.82) is 0 Å². The first-order valence-corrected chi connectivity index (χ1v) is 9.42. The van der Waals surface area contributed by atoms with Gasteiger partial charge in [0.25, 0.3) is 5.91 Å². The summed E-state index contributed by atoms with van der Waals surface area (Å²) in [5.74, 6) is 0.781. The second kappa shape index (κ2) is 7.19. The maximum atomic E-state index is 13.0. The van der Waals surface area contributed by atoms with Crippen molar-refractivity contribution in [1.82, 2.24) is 15.0 Å².